The molecule has 2 fully saturated rings. The van der Waals surface area contributed by atoms with Crippen molar-refractivity contribution in [3.8, 4) is 0 Å². The number of hydrogen-bond donors (Lipinski definition) is 0. The molecule has 0 aromatic heterocycles. The Kier molecular flexibility index (Phi) is 2.63. The van der Waals surface area contributed by atoms with E-state index >= 15 is 0 Å². The van der Waals surface area contributed by atoms with E-state index < -0.39 is 0 Å². The lowest BCUT2D eigenvalue weighted by molar-refractivity contribution is -0.171. The van der Waals surface area contributed by atoms with Gasteiger partial charge in [0.05, 0.1) is 18.5 Å². The highest BCUT2D eigenvalue weighted by Gasteiger charge is 2.45. The van der Waals surface area contributed by atoms with Crippen LogP contribution in [-0.2, 0) is 9.47 Å². The van der Waals surface area contributed by atoms with E-state index in [2.05, 4.69) is 6.26 Å². The van der Waals surface area contributed by atoms with Crippen LogP contribution in [0.25, 0.3) is 0 Å². The number of rotatable bonds is 1. The van der Waals surface area contributed by atoms with Crippen molar-refractivity contribution in [3.63, 3.8) is 0 Å². The highest BCUT2D eigenvalue weighted by Crippen LogP contribution is 2.41. The van der Waals surface area contributed by atoms with Crippen LogP contribution in [0.15, 0.2) is 0 Å². The summed E-state index contributed by atoms with van der Waals surface area (Å²) in [6.45, 7) is 1.58. The topological polar surface area (TPSA) is 18.5 Å². The van der Waals surface area contributed by atoms with Gasteiger partial charge in [-0.05, 0) is 19.1 Å². The van der Waals surface area contributed by atoms with Crippen LogP contribution >= 0.6 is 11.8 Å². The Morgan fingerprint density at radius 3 is 2.67 bits per heavy atom. The minimum absolute atomic E-state index is 0.197. The number of ether oxygens (including phenoxy) is 2. The molecule has 1 unspecified atom stereocenters. The molecule has 1 atom stereocenters. The van der Waals surface area contributed by atoms with Crippen LogP contribution in [-0.4, -0.2) is 30.5 Å². The minimum atomic E-state index is -0.197. The zero-order valence-electron chi connectivity index (χ0n) is 7.54. The summed E-state index contributed by atoms with van der Waals surface area (Å²) in [4.78, 5) is 0. The molecule has 0 amide bonds. The largest absolute Gasteiger partial charge is 0.346 e. The molecule has 12 heavy (non-hydrogen) atoms. The lowest BCUT2D eigenvalue weighted by atomic mass is 9.93. The van der Waals surface area contributed by atoms with Crippen LogP contribution in [0.1, 0.15) is 25.7 Å². The maximum atomic E-state index is 5.74. The zero-order chi connectivity index (χ0) is 8.44. The standard InChI is InChI=1S/C9H16O2S/c1-12-8-4-2-3-5-9(8)10-6-7-11-9/h8H,2-7H2,1H3. The van der Waals surface area contributed by atoms with Gasteiger partial charge in [0.25, 0.3) is 0 Å². The fourth-order valence-electron chi connectivity index (χ4n) is 2.18. The summed E-state index contributed by atoms with van der Waals surface area (Å²) in [6, 6.07) is 0. The Labute approximate surface area is 78.0 Å². The Hall–Kier alpha value is 0.270. The van der Waals surface area contributed by atoms with Gasteiger partial charge in [-0.2, -0.15) is 11.8 Å². The van der Waals surface area contributed by atoms with Gasteiger partial charge in [-0.3, -0.25) is 0 Å². The molecular weight excluding hydrogens is 172 g/mol. The van der Waals surface area contributed by atoms with E-state index in [-0.39, 0.29) is 5.79 Å². The maximum Gasteiger partial charge on any atom is 0.180 e. The third-order valence-electron chi connectivity index (χ3n) is 2.79. The van der Waals surface area contributed by atoms with Crippen LogP contribution in [0.4, 0.5) is 0 Å². The van der Waals surface area contributed by atoms with Gasteiger partial charge in [0, 0.05) is 6.42 Å². The predicted octanol–water partition coefficient (Wildman–Crippen LogP) is 2.04. The second-order valence-corrected chi connectivity index (χ2v) is 4.52. The molecule has 1 saturated heterocycles. The summed E-state index contributed by atoms with van der Waals surface area (Å²) in [5, 5.41) is 0.564. The first-order valence-corrected chi connectivity index (χ1v) is 5.97. The SMILES string of the molecule is CSC1CCCCC12OCCO2. The van der Waals surface area contributed by atoms with Crippen molar-refractivity contribution in [3.05, 3.63) is 0 Å². The summed E-state index contributed by atoms with van der Waals surface area (Å²) in [6.07, 6.45) is 7.10. The van der Waals surface area contributed by atoms with Gasteiger partial charge >= 0.3 is 0 Å². The highest BCUT2D eigenvalue weighted by molar-refractivity contribution is 7.99. The molecule has 3 heteroatoms. The van der Waals surface area contributed by atoms with Crippen molar-refractivity contribution in [2.75, 3.05) is 19.5 Å². The summed E-state index contributed by atoms with van der Waals surface area (Å²) >= 11 is 1.89. The molecule has 2 aliphatic rings. The lowest BCUT2D eigenvalue weighted by Gasteiger charge is -2.38. The number of thioether (sulfide) groups is 1. The Morgan fingerprint density at radius 1 is 1.25 bits per heavy atom. The molecule has 1 aliphatic carbocycles. The summed E-state index contributed by atoms with van der Waals surface area (Å²) < 4.78 is 11.5. The fraction of sp³-hybridized carbons (Fsp3) is 1.00. The molecule has 0 N–H and O–H groups in total. The summed E-state index contributed by atoms with van der Waals surface area (Å²) in [7, 11) is 0. The van der Waals surface area contributed by atoms with Crippen molar-refractivity contribution >= 4 is 11.8 Å². The predicted molar refractivity (Wildman–Crippen MR) is 50.4 cm³/mol. The van der Waals surface area contributed by atoms with Crippen molar-refractivity contribution in [1.82, 2.24) is 0 Å². The Balaban J connectivity index is 2.07. The third-order valence-corrected chi connectivity index (χ3v) is 3.96. The molecule has 1 saturated carbocycles. The molecule has 2 nitrogen and oxygen atoms in total. The molecule has 1 aliphatic heterocycles. The van der Waals surface area contributed by atoms with Crippen molar-refractivity contribution in [2.45, 2.75) is 36.7 Å². The minimum Gasteiger partial charge on any atom is -0.346 e. The second-order valence-electron chi connectivity index (χ2n) is 3.48. The molecule has 1 heterocycles. The van der Waals surface area contributed by atoms with Crippen LogP contribution in [0.2, 0.25) is 0 Å². The first-order chi connectivity index (χ1) is 5.87. The third kappa shape index (κ3) is 1.38. The van der Waals surface area contributed by atoms with E-state index in [9.17, 15) is 0 Å². The average Bonchev–Trinajstić information content (AvgIpc) is 2.55. The lowest BCUT2D eigenvalue weighted by Crippen LogP contribution is -2.43. The van der Waals surface area contributed by atoms with E-state index in [0.717, 1.165) is 19.6 Å². The van der Waals surface area contributed by atoms with E-state index in [0.29, 0.717) is 5.25 Å². The molecule has 0 radical (unpaired) electrons. The maximum absolute atomic E-state index is 5.74. The van der Waals surface area contributed by atoms with E-state index in [1.54, 1.807) is 0 Å². The van der Waals surface area contributed by atoms with Gasteiger partial charge in [0.15, 0.2) is 5.79 Å². The highest BCUT2D eigenvalue weighted by atomic mass is 32.2. The fourth-order valence-corrected chi connectivity index (χ4v) is 3.20. The van der Waals surface area contributed by atoms with Gasteiger partial charge in [0.2, 0.25) is 0 Å². The van der Waals surface area contributed by atoms with Crippen LogP contribution in [0.5, 0.6) is 0 Å². The van der Waals surface area contributed by atoms with Gasteiger partial charge in [-0.15, -0.1) is 0 Å². The van der Waals surface area contributed by atoms with Gasteiger partial charge < -0.3 is 9.47 Å². The molecule has 70 valence electrons. The number of hydrogen-bond acceptors (Lipinski definition) is 3. The smallest absolute Gasteiger partial charge is 0.180 e. The normalized spacial score (nSPS) is 34.2. The zero-order valence-corrected chi connectivity index (χ0v) is 8.36. The Bertz CT molecular complexity index is 155. The summed E-state index contributed by atoms with van der Waals surface area (Å²) in [5.74, 6) is -0.197. The first kappa shape index (κ1) is 8.85. The Morgan fingerprint density at radius 2 is 2.00 bits per heavy atom. The molecule has 0 bridgehead atoms. The van der Waals surface area contributed by atoms with Gasteiger partial charge in [-0.1, -0.05) is 6.42 Å². The van der Waals surface area contributed by atoms with Crippen LogP contribution in [0.3, 0.4) is 0 Å². The van der Waals surface area contributed by atoms with E-state index in [1.165, 1.54) is 19.3 Å². The van der Waals surface area contributed by atoms with Crippen molar-refractivity contribution in [2.24, 2.45) is 0 Å². The van der Waals surface area contributed by atoms with Crippen LogP contribution in [0, 0.1) is 0 Å². The van der Waals surface area contributed by atoms with Crippen molar-refractivity contribution in [1.29, 1.82) is 0 Å². The van der Waals surface area contributed by atoms with Gasteiger partial charge in [0.1, 0.15) is 0 Å². The first-order valence-electron chi connectivity index (χ1n) is 4.68. The molecule has 2 rings (SSSR count). The molecular formula is C9H16O2S. The second kappa shape index (κ2) is 3.56. The molecule has 0 aromatic rings. The molecule has 0 aromatic carbocycles. The van der Waals surface area contributed by atoms with Gasteiger partial charge in [-0.25, -0.2) is 0 Å². The average molecular weight is 188 g/mol. The van der Waals surface area contributed by atoms with Crippen LogP contribution < -0.4 is 0 Å². The van der Waals surface area contributed by atoms with E-state index in [1.807, 2.05) is 11.8 Å². The van der Waals surface area contributed by atoms with E-state index in [4.69, 9.17) is 9.47 Å². The molecule has 1 spiro atoms. The van der Waals surface area contributed by atoms with Crippen molar-refractivity contribution < 1.29 is 9.47 Å². The monoisotopic (exact) mass is 188 g/mol. The summed E-state index contributed by atoms with van der Waals surface area (Å²) in [5.41, 5.74) is 0. The quantitative estimate of drug-likeness (QED) is 0.627.